The first-order valence-electron chi connectivity index (χ1n) is 4.02. The van der Waals surface area contributed by atoms with E-state index in [1.165, 1.54) is 10.9 Å². The summed E-state index contributed by atoms with van der Waals surface area (Å²) in [7, 11) is 0. The van der Waals surface area contributed by atoms with Gasteiger partial charge in [0, 0.05) is 6.54 Å². The maximum atomic E-state index is 11.1. The highest BCUT2D eigenvalue weighted by molar-refractivity contribution is 5.75. The Labute approximate surface area is 75.6 Å². The van der Waals surface area contributed by atoms with Crippen LogP contribution in [0.1, 0.15) is 12.7 Å². The summed E-state index contributed by atoms with van der Waals surface area (Å²) in [5, 5.41) is 18.6. The van der Waals surface area contributed by atoms with Crippen LogP contribution in [0.2, 0.25) is 0 Å². The number of nitrogens with zero attached hydrogens (tertiary/aromatic N) is 3. The summed E-state index contributed by atoms with van der Waals surface area (Å²) in [4.78, 5) is 11.1. The molecule has 6 nitrogen and oxygen atoms in total. The van der Waals surface area contributed by atoms with Crippen molar-refractivity contribution in [2.45, 2.75) is 20.1 Å². The molecule has 0 aromatic carbocycles. The van der Waals surface area contributed by atoms with Gasteiger partial charge in [-0.25, -0.2) is 0 Å². The predicted molar refractivity (Wildman–Crippen MR) is 44.6 cm³/mol. The molecule has 1 heterocycles. The SMILES string of the molecule is CCNC(=O)Cn1cnnc1CO. The Kier molecular flexibility index (Phi) is 3.39. The van der Waals surface area contributed by atoms with E-state index in [1.807, 2.05) is 6.92 Å². The molecule has 1 rings (SSSR count). The summed E-state index contributed by atoms with van der Waals surface area (Å²) in [5.41, 5.74) is 0. The van der Waals surface area contributed by atoms with Crippen molar-refractivity contribution in [3.8, 4) is 0 Å². The molecule has 0 atom stereocenters. The predicted octanol–water partition coefficient (Wildman–Crippen LogP) is -1.09. The number of hydrogen-bond donors (Lipinski definition) is 2. The molecule has 1 amide bonds. The highest BCUT2D eigenvalue weighted by Crippen LogP contribution is 1.93. The van der Waals surface area contributed by atoms with E-state index >= 15 is 0 Å². The third kappa shape index (κ3) is 2.51. The largest absolute Gasteiger partial charge is 0.388 e. The van der Waals surface area contributed by atoms with Gasteiger partial charge in [-0.1, -0.05) is 0 Å². The van der Waals surface area contributed by atoms with Gasteiger partial charge in [0.05, 0.1) is 0 Å². The molecule has 0 bridgehead atoms. The Morgan fingerprint density at radius 1 is 1.77 bits per heavy atom. The number of nitrogens with one attached hydrogen (secondary N) is 1. The van der Waals surface area contributed by atoms with E-state index in [0.717, 1.165) is 0 Å². The maximum absolute atomic E-state index is 11.1. The second-order valence-corrected chi connectivity index (χ2v) is 2.49. The van der Waals surface area contributed by atoms with Crippen molar-refractivity contribution in [3.63, 3.8) is 0 Å². The van der Waals surface area contributed by atoms with E-state index in [-0.39, 0.29) is 19.1 Å². The Hall–Kier alpha value is -1.43. The Morgan fingerprint density at radius 2 is 2.54 bits per heavy atom. The van der Waals surface area contributed by atoms with Crippen molar-refractivity contribution in [3.05, 3.63) is 12.2 Å². The number of carbonyl (C=O) groups is 1. The van der Waals surface area contributed by atoms with Gasteiger partial charge in [-0.05, 0) is 6.92 Å². The minimum atomic E-state index is -0.209. The summed E-state index contributed by atoms with van der Waals surface area (Å²) in [5.74, 6) is 0.281. The Balaban J connectivity index is 2.57. The highest BCUT2D eigenvalue weighted by Gasteiger charge is 2.06. The quantitative estimate of drug-likeness (QED) is 0.623. The van der Waals surface area contributed by atoms with Gasteiger partial charge in [0.2, 0.25) is 5.91 Å². The van der Waals surface area contributed by atoms with Gasteiger partial charge in [0.25, 0.3) is 0 Å². The third-order valence-electron chi connectivity index (χ3n) is 1.53. The molecule has 0 saturated heterocycles. The lowest BCUT2D eigenvalue weighted by Gasteiger charge is -2.04. The van der Waals surface area contributed by atoms with E-state index in [4.69, 9.17) is 5.11 Å². The first-order chi connectivity index (χ1) is 6.27. The molecule has 0 unspecified atom stereocenters. The van der Waals surface area contributed by atoms with Crippen molar-refractivity contribution >= 4 is 5.91 Å². The van der Waals surface area contributed by atoms with E-state index in [9.17, 15) is 4.79 Å². The summed E-state index contributed by atoms with van der Waals surface area (Å²) in [6.07, 6.45) is 1.42. The Bertz CT molecular complexity index is 284. The molecule has 6 heteroatoms. The van der Waals surface area contributed by atoms with E-state index in [0.29, 0.717) is 12.4 Å². The third-order valence-corrected chi connectivity index (χ3v) is 1.53. The normalized spacial score (nSPS) is 10.0. The molecule has 1 aromatic rings. The van der Waals surface area contributed by atoms with Crippen molar-refractivity contribution in [2.75, 3.05) is 6.54 Å². The molecule has 0 aliphatic rings. The molecular weight excluding hydrogens is 172 g/mol. The van der Waals surface area contributed by atoms with Gasteiger partial charge in [-0.15, -0.1) is 10.2 Å². The number of hydrogen-bond acceptors (Lipinski definition) is 4. The average molecular weight is 184 g/mol. The fourth-order valence-corrected chi connectivity index (χ4v) is 0.941. The smallest absolute Gasteiger partial charge is 0.240 e. The molecule has 1 aromatic heterocycles. The standard InChI is InChI=1S/C7H12N4O2/c1-2-8-7(13)3-11-5-9-10-6(11)4-12/h5,12H,2-4H2,1H3,(H,8,13). The van der Waals surface area contributed by atoms with Crippen molar-refractivity contribution in [1.82, 2.24) is 20.1 Å². The van der Waals surface area contributed by atoms with E-state index in [1.54, 1.807) is 0 Å². The summed E-state index contributed by atoms with van der Waals surface area (Å²) in [6, 6.07) is 0. The van der Waals surface area contributed by atoms with Crippen LogP contribution in [0.25, 0.3) is 0 Å². The van der Waals surface area contributed by atoms with Crippen LogP contribution in [0, 0.1) is 0 Å². The van der Waals surface area contributed by atoms with Gasteiger partial charge in [0.15, 0.2) is 5.82 Å². The zero-order valence-corrected chi connectivity index (χ0v) is 7.40. The van der Waals surface area contributed by atoms with Gasteiger partial charge < -0.3 is 15.0 Å². The molecule has 0 aliphatic carbocycles. The average Bonchev–Trinajstić information content (AvgIpc) is 2.52. The molecule has 2 N–H and O–H groups in total. The second kappa shape index (κ2) is 4.56. The molecular formula is C7H12N4O2. The van der Waals surface area contributed by atoms with Gasteiger partial charge in [0.1, 0.15) is 19.5 Å². The number of amides is 1. The number of aliphatic hydroxyl groups is 1. The number of rotatable bonds is 4. The van der Waals surface area contributed by atoms with Crippen LogP contribution in [0.4, 0.5) is 0 Å². The number of aromatic nitrogens is 3. The van der Waals surface area contributed by atoms with Crippen molar-refractivity contribution in [2.24, 2.45) is 0 Å². The first-order valence-corrected chi connectivity index (χ1v) is 4.02. The monoisotopic (exact) mass is 184 g/mol. The number of likely N-dealkylation sites (N-methyl/N-ethyl adjacent to an activating group) is 1. The minimum absolute atomic E-state index is 0.114. The van der Waals surface area contributed by atoms with Crippen LogP contribution >= 0.6 is 0 Å². The molecule has 0 spiro atoms. The highest BCUT2D eigenvalue weighted by atomic mass is 16.3. The van der Waals surface area contributed by atoms with Crippen molar-refractivity contribution in [1.29, 1.82) is 0 Å². The fourth-order valence-electron chi connectivity index (χ4n) is 0.941. The van der Waals surface area contributed by atoms with Gasteiger partial charge in [-0.3, -0.25) is 4.79 Å². The van der Waals surface area contributed by atoms with E-state index in [2.05, 4.69) is 15.5 Å². The molecule has 13 heavy (non-hydrogen) atoms. The summed E-state index contributed by atoms with van der Waals surface area (Å²) < 4.78 is 1.50. The Morgan fingerprint density at radius 3 is 3.15 bits per heavy atom. The van der Waals surface area contributed by atoms with Crippen molar-refractivity contribution < 1.29 is 9.90 Å². The van der Waals surface area contributed by atoms with Crippen LogP contribution < -0.4 is 5.32 Å². The lowest BCUT2D eigenvalue weighted by atomic mass is 10.5. The second-order valence-electron chi connectivity index (χ2n) is 2.49. The summed E-state index contributed by atoms with van der Waals surface area (Å²) >= 11 is 0. The number of carbonyl (C=O) groups excluding carboxylic acids is 1. The molecule has 0 fully saturated rings. The van der Waals surface area contributed by atoms with Crippen LogP contribution in [-0.2, 0) is 17.9 Å². The topological polar surface area (TPSA) is 80.0 Å². The summed E-state index contributed by atoms with van der Waals surface area (Å²) in [6.45, 7) is 2.38. The van der Waals surface area contributed by atoms with Crippen LogP contribution in [-0.4, -0.2) is 32.3 Å². The zero-order chi connectivity index (χ0) is 9.68. The molecule has 0 saturated carbocycles. The molecule has 0 aliphatic heterocycles. The minimum Gasteiger partial charge on any atom is -0.388 e. The lowest BCUT2D eigenvalue weighted by molar-refractivity contribution is -0.121. The van der Waals surface area contributed by atoms with Gasteiger partial charge >= 0.3 is 0 Å². The van der Waals surface area contributed by atoms with Crippen LogP contribution in [0.15, 0.2) is 6.33 Å². The lowest BCUT2D eigenvalue weighted by Crippen LogP contribution is -2.27. The fraction of sp³-hybridized carbons (Fsp3) is 0.571. The maximum Gasteiger partial charge on any atom is 0.240 e. The van der Waals surface area contributed by atoms with E-state index < -0.39 is 0 Å². The first kappa shape index (κ1) is 9.66. The van der Waals surface area contributed by atoms with Crippen LogP contribution in [0.5, 0.6) is 0 Å². The van der Waals surface area contributed by atoms with Gasteiger partial charge in [-0.2, -0.15) is 0 Å². The molecule has 0 radical (unpaired) electrons. The zero-order valence-electron chi connectivity index (χ0n) is 7.40. The number of aliphatic hydroxyl groups excluding tert-OH is 1. The van der Waals surface area contributed by atoms with Crippen LogP contribution in [0.3, 0.4) is 0 Å². The molecule has 72 valence electrons.